The van der Waals surface area contributed by atoms with Crippen LogP contribution in [0.15, 0.2) is 12.3 Å². The minimum Gasteiger partial charge on any atom is -0.378 e. The molecule has 8 nitrogen and oxygen atoms in total. The molecule has 0 radical (unpaired) electrons. The predicted octanol–water partition coefficient (Wildman–Crippen LogP) is 0.565. The minimum atomic E-state index is -3.12. The molecular weight excluding hydrogens is 342 g/mol. The van der Waals surface area contributed by atoms with E-state index in [1.54, 1.807) is 10.5 Å². The lowest BCUT2D eigenvalue weighted by Gasteiger charge is -2.35. The van der Waals surface area contributed by atoms with Crippen LogP contribution >= 0.6 is 0 Å². The zero-order chi connectivity index (χ0) is 17.7. The van der Waals surface area contributed by atoms with E-state index in [0.717, 1.165) is 37.7 Å². The average molecular weight is 369 g/mol. The summed E-state index contributed by atoms with van der Waals surface area (Å²) in [4.78, 5) is 13.3. The molecule has 0 saturated carbocycles. The Bertz CT molecular complexity index is 655. The molecule has 2 aliphatic rings. The molecule has 0 unspecified atom stereocenters. The summed E-state index contributed by atoms with van der Waals surface area (Å²) in [6, 6.07) is 1.89. The maximum atomic E-state index is 12.3. The summed E-state index contributed by atoms with van der Waals surface area (Å²) < 4.78 is 31.6. The van der Waals surface area contributed by atoms with Crippen molar-refractivity contribution in [3.8, 4) is 0 Å². The summed E-state index contributed by atoms with van der Waals surface area (Å²) in [7, 11) is -3.12. The van der Waals surface area contributed by atoms with Gasteiger partial charge in [0, 0.05) is 45.5 Å². The molecule has 9 heteroatoms. The lowest BCUT2D eigenvalue weighted by Crippen LogP contribution is -2.49. The number of rotatable bonds is 6. The molecule has 0 spiro atoms. The number of hydrogen-bond donors (Lipinski definition) is 0. The van der Waals surface area contributed by atoms with Crippen LogP contribution in [0.2, 0.25) is 0 Å². The third-order valence-electron chi connectivity index (χ3n) is 4.63. The van der Waals surface area contributed by atoms with Gasteiger partial charge in [-0.05, 0) is 12.5 Å². The highest BCUT2D eigenvalue weighted by Crippen LogP contribution is 2.19. The van der Waals surface area contributed by atoms with Gasteiger partial charge in [-0.3, -0.25) is 0 Å². The van der Waals surface area contributed by atoms with Crippen molar-refractivity contribution in [2.24, 2.45) is 0 Å². The lowest BCUT2D eigenvalue weighted by atomic mass is 10.3. The first-order valence-electron chi connectivity index (χ1n) is 8.98. The first kappa shape index (κ1) is 18.3. The maximum Gasteiger partial charge on any atom is 0.227 e. The molecule has 0 amide bonds. The van der Waals surface area contributed by atoms with Crippen LogP contribution in [-0.4, -0.2) is 80.9 Å². The quantitative estimate of drug-likeness (QED) is 0.725. The fraction of sp³-hybridized carbons (Fsp3) is 0.750. The number of unbranched alkanes of at least 4 members (excludes halogenated alkanes) is 1. The van der Waals surface area contributed by atoms with E-state index in [-0.39, 0.29) is 5.75 Å². The Balaban J connectivity index is 1.61. The summed E-state index contributed by atoms with van der Waals surface area (Å²) in [5.41, 5.74) is 0. The molecule has 2 aliphatic heterocycles. The second-order valence-corrected chi connectivity index (χ2v) is 8.46. The molecule has 0 aromatic carbocycles. The minimum absolute atomic E-state index is 0.248. The number of nitrogens with zero attached hydrogens (tertiary/aromatic N) is 5. The van der Waals surface area contributed by atoms with E-state index in [0.29, 0.717) is 39.4 Å². The Morgan fingerprint density at radius 3 is 2.48 bits per heavy atom. The molecule has 140 valence electrons. The summed E-state index contributed by atoms with van der Waals surface area (Å²) in [5.74, 6) is 1.83. The average Bonchev–Trinajstić information content (AvgIpc) is 2.67. The van der Waals surface area contributed by atoms with Crippen molar-refractivity contribution in [1.82, 2.24) is 14.3 Å². The van der Waals surface area contributed by atoms with Crippen LogP contribution in [0, 0.1) is 0 Å². The Labute approximate surface area is 149 Å². The number of piperazine rings is 1. The number of sulfonamides is 1. The second kappa shape index (κ2) is 8.29. The summed E-state index contributed by atoms with van der Waals surface area (Å²) in [6.07, 6.45) is 3.39. The van der Waals surface area contributed by atoms with E-state index in [1.807, 2.05) is 13.0 Å². The zero-order valence-electron chi connectivity index (χ0n) is 14.8. The van der Waals surface area contributed by atoms with Crippen molar-refractivity contribution < 1.29 is 13.2 Å². The van der Waals surface area contributed by atoms with Crippen LogP contribution < -0.4 is 9.80 Å². The van der Waals surface area contributed by atoms with Crippen molar-refractivity contribution in [2.75, 3.05) is 68.0 Å². The van der Waals surface area contributed by atoms with E-state index < -0.39 is 10.0 Å². The van der Waals surface area contributed by atoms with Gasteiger partial charge in [-0.1, -0.05) is 13.3 Å². The zero-order valence-corrected chi connectivity index (χ0v) is 15.6. The van der Waals surface area contributed by atoms with E-state index in [9.17, 15) is 8.42 Å². The van der Waals surface area contributed by atoms with Crippen molar-refractivity contribution in [2.45, 2.75) is 19.8 Å². The molecule has 2 fully saturated rings. The Hall–Kier alpha value is -1.45. The number of morpholine rings is 1. The van der Waals surface area contributed by atoms with Crippen molar-refractivity contribution in [1.29, 1.82) is 0 Å². The fourth-order valence-corrected chi connectivity index (χ4v) is 4.71. The highest BCUT2D eigenvalue weighted by molar-refractivity contribution is 7.89. The summed E-state index contributed by atoms with van der Waals surface area (Å²) in [6.45, 7) is 7.35. The Morgan fingerprint density at radius 1 is 1.08 bits per heavy atom. The van der Waals surface area contributed by atoms with Gasteiger partial charge in [0.05, 0.1) is 19.0 Å². The predicted molar refractivity (Wildman–Crippen MR) is 97.5 cm³/mol. The van der Waals surface area contributed by atoms with Gasteiger partial charge < -0.3 is 14.5 Å². The van der Waals surface area contributed by atoms with E-state index >= 15 is 0 Å². The molecule has 1 aromatic rings. The molecule has 3 heterocycles. The van der Waals surface area contributed by atoms with Crippen molar-refractivity contribution in [3.63, 3.8) is 0 Å². The molecule has 0 bridgehead atoms. The number of aromatic nitrogens is 2. The Kier molecular flexibility index (Phi) is 6.08. The Morgan fingerprint density at radius 2 is 1.80 bits per heavy atom. The summed E-state index contributed by atoms with van der Waals surface area (Å²) >= 11 is 0. The lowest BCUT2D eigenvalue weighted by molar-refractivity contribution is 0.122. The standard InChI is InChI=1S/C16H27N5O3S/c1-2-3-14-25(22,23)21-8-6-19(7-9-21)15-4-5-17-16(18-15)20-10-12-24-13-11-20/h4-5H,2-3,6-14H2,1H3. The fourth-order valence-electron chi connectivity index (χ4n) is 3.08. The molecule has 0 aliphatic carbocycles. The van der Waals surface area contributed by atoms with E-state index in [2.05, 4.69) is 19.8 Å². The van der Waals surface area contributed by atoms with Crippen LogP contribution in [0.5, 0.6) is 0 Å². The third-order valence-corrected chi connectivity index (χ3v) is 6.59. The highest BCUT2D eigenvalue weighted by atomic mass is 32.2. The number of hydrogen-bond acceptors (Lipinski definition) is 7. The van der Waals surface area contributed by atoms with Crippen LogP contribution in [0.25, 0.3) is 0 Å². The first-order chi connectivity index (χ1) is 12.1. The molecule has 2 saturated heterocycles. The highest BCUT2D eigenvalue weighted by Gasteiger charge is 2.27. The first-order valence-corrected chi connectivity index (χ1v) is 10.6. The molecule has 1 aromatic heterocycles. The molecule has 25 heavy (non-hydrogen) atoms. The van der Waals surface area contributed by atoms with E-state index in [1.165, 1.54) is 0 Å². The normalized spacial score (nSPS) is 20.0. The number of ether oxygens (including phenoxy) is 1. The maximum absolute atomic E-state index is 12.3. The van der Waals surface area contributed by atoms with Gasteiger partial charge in [-0.25, -0.2) is 13.4 Å². The monoisotopic (exact) mass is 369 g/mol. The van der Waals surface area contributed by atoms with Gasteiger partial charge in [0.15, 0.2) is 0 Å². The molecule has 0 N–H and O–H groups in total. The van der Waals surface area contributed by atoms with Gasteiger partial charge in [0.25, 0.3) is 0 Å². The number of anilines is 2. The molecule has 3 rings (SSSR count). The molecule has 0 atom stereocenters. The second-order valence-electron chi connectivity index (χ2n) is 6.37. The van der Waals surface area contributed by atoms with Crippen LogP contribution in [0.3, 0.4) is 0 Å². The SMILES string of the molecule is CCCCS(=O)(=O)N1CCN(c2ccnc(N3CCOCC3)n2)CC1. The molecular formula is C16H27N5O3S. The topological polar surface area (TPSA) is 78.9 Å². The van der Waals surface area contributed by atoms with Crippen LogP contribution in [-0.2, 0) is 14.8 Å². The van der Waals surface area contributed by atoms with Gasteiger partial charge in [0.2, 0.25) is 16.0 Å². The van der Waals surface area contributed by atoms with Gasteiger partial charge in [-0.15, -0.1) is 0 Å². The van der Waals surface area contributed by atoms with Crippen LogP contribution in [0.4, 0.5) is 11.8 Å². The van der Waals surface area contributed by atoms with E-state index in [4.69, 9.17) is 4.74 Å². The van der Waals surface area contributed by atoms with Crippen LogP contribution in [0.1, 0.15) is 19.8 Å². The van der Waals surface area contributed by atoms with Crippen molar-refractivity contribution in [3.05, 3.63) is 12.3 Å². The largest absolute Gasteiger partial charge is 0.378 e. The van der Waals surface area contributed by atoms with Gasteiger partial charge in [0.1, 0.15) is 5.82 Å². The van der Waals surface area contributed by atoms with Gasteiger partial charge in [-0.2, -0.15) is 9.29 Å². The van der Waals surface area contributed by atoms with Crippen molar-refractivity contribution >= 4 is 21.8 Å². The smallest absolute Gasteiger partial charge is 0.227 e. The summed E-state index contributed by atoms with van der Waals surface area (Å²) in [5, 5.41) is 0. The van der Waals surface area contributed by atoms with Gasteiger partial charge >= 0.3 is 0 Å². The third kappa shape index (κ3) is 4.59.